The molecule has 3 aromatic heterocycles. The molecule has 0 radical (unpaired) electrons. The minimum atomic E-state index is -0.150. The van der Waals surface area contributed by atoms with Crippen LogP contribution in [0, 0.1) is 13.8 Å². The molecule has 0 aliphatic rings. The van der Waals surface area contributed by atoms with Gasteiger partial charge in [-0.15, -0.1) is 11.3 Å². The van der Waals surface area contributed by atoms with Gasteiger partial charge in [-0.05, 0) is 37.6 Å². The lowest BCUT2D eigenvalue weighted by Crippen LogP contribution is -2.12. The summed E-state index contributed by atoms with van der Waals surface area (Å²) in [5, 5.41) is 4.79. The van der Waals surface area contributed by atoms with E-state index in [9.17, 15) is 4.79 Å². The van der Waals surface area contributed by atoms with E-state index in [2.05, 4.69) is 20.3 Å². The van der Waals surface area contributed by atoms with Gasteiger partial charge in [-0.2, -0.15) is 0 Å². The number of pyridine rings is 1. The van der Waals surface area contributed by atoms with E-state index in [0.29, 0.717) is 4.88 Å². The Balaban J connectivity index is 1.44. The SMILES string of the molecule is Cc1ccc(-c2nc3cccnc3s2)cc1NC(=O)c1sc(-c2ccccc2)nc1C. The molecule has 5 aromatic rings. The van der Waals surface area contributed by atoms with Crippen molar-refractivity contribution in [1.82, 2.24) is 15.0 Å². The van der Waals surface area contributed by atoms with Crippen molar-refractivity contribution in [2.45, 2.75) is 13.8 Å². The summed E-state index contributed by atoms with van der Waals surface area (Å²) in [4.78, 5) is 28.2. The minimum absolute atomic E-state index is 0.150. The standard InChI is InChI=1S/C24H18N4OS2/c1-14-10-11-17(23-28-18-9-6-12-25-24(18)31-23)13-19(14)27-21(29)20-15(2)26-22(30-20)16-7-4-3-5-8-16/h3-13H,1-2H3,(H,27,29). The van der Waals surface area contributed by atoms with Gasteiger partial charge >= 0.3 is 0 Å². The normalized spacial score (nSPS) is 11.0. The maximum absolute atomic E-state index is 13.1. The molecular formula is C24H18N4OS2. The van der Waals surface area contributed by atoms with Crippen molar-refractivity contribution in [1.29, 1.82) is 0 Å². The van der Waals surface area contributed by atoms with E-state index in [1.165, 1.54) is 11.3 Å². The first kappa shape index (κ1) is 19.5. The highest BCUT2D eigenvalue weighted by atomic mass is 32.1. The predicted octanol–water partition coefficient (Wildman–Crippen LogP) is 6.35. The highest BCUT2D eigenvalue weighted by Gasteiger charge is 2.18. The molecule has 0 bridgehead atoms. The van der Waals surface area contributed by atoms with Crippen LogP contribution >= 0.6 is 22.7 Å². The number of hydrogen-bond acceptors (Lipinski definition) is 6. The fraction of sp³-hybridized carbons (Fsp3) is 0.0833. The quantitative estimate of drug-likeness (QED) is 0.352. The summed E-state index contributed by atoms with van der Waals surface area (Å²) in [6, 6.07) is 19.7. The fourth-order valence-corrected chi connectivity index (χ4v) is 5.14. The Morgan fingerprint density at radius 3 is 2.48 bits per heavy atom. The van der Waals surface area contributed by atoms with Crippen LogP contribution in [0.3, 0.4) is 0 Å². The second-order valence-corrected chi connectivity index (χ2v) is 9.11. The van der Waals surface area contributed by atoms with Gasteiger partial charge in [0.05, 0.1) is 5.69 Å². The van der Waals surface area contributed by atoms with Gasteiger partial charge < -0.3 is 5.32 Å². The number of carbonyl (C=O) groups excluding carboxylic acids is 1. The third kappa shape index (κ3) is 3.85. The number of nitrogens with zero attached hydrogens (tertiary/aromatic N) is 3. The van der Waals surface area contributed by atoms with Crippen LogP contribution in [0.2, 0.25) is 0 Å². The lowest BCUT2D eigenvalue weighted by molar-refractivity contribution is 0.102. The zero-order chi connectivity index (χ0) is 21.4. The maximum Gasteiger partial charge on any atom is 0.267 e. The van der Waals surface area contributed by atoms with Crippen molar-refractivity contribution >= 4 is 44.6 Å². The lowest BCUT2D eigenvalue weighted by Gasteiger charge is -2.09. The van der Waals surface area contributed by atoms with Crippen LogP contribution in [0.25, 0.3) is 31.5 Å². The summed E-state index contributed by atoms with van der Waals surface area (Å²) < 4.78 is 0. The summed E-state index contributed by atoms with van der Waals surface area (Å²) in [5.41, 5.74) is 5.33. The van der Waals surface area contributed by atoms with Crippen LogP contribution in [0.4, 0.5) is 5.69 Å². The Morgan fingerprint density at radius 1 is 0.871 bits per heavy atom. The van der Waals surface area contributed by atoms with Gasteiger partial charge in [0.2, 0.25) is 0 Å². The van der Waals surface area contributed by atoms with Crippen molar-refractivity contribution in [3.8, 4) is 21.1 Å². The molecule has 31 heavy (non-hydrogen) atoms. The van der Waals surface area contributed by atoms with Gasteiger partial charge in [0.15, 0.2) is 0 Å². The van der Waals surface area contributed by atoms with Crippen LogP contribution in [-0.4, -0.2) is 20.9 Å². The fourth-order valence-electron chi connectivity index (χ4n) is 3.27. The number of benzene rings is 2. The number of nitrogens with one attached hydrogen (secondary N) is 1. The van der Waals surface area contributed by atoms with E-state index >= 15 is 0 Å². The van der Waals surface area contributed by atoms with Crippen LogP contribution in [-0.2, 0) is 0 Å². The highest BCUT2D eigenvalue weighted by Crippen LogP contribution is 2.32. The number of aromatic nitrogens is 3. The number of hydrogen-bond donors (Lipinski definition) is 1. The van der Waals surface area contributed by atoms with E-state index in [1.54, 1.807) is 17.5 Å². The average molecular weight is 443 g/mol. The molecule has 0 unspecified atom stereocenters. The van der Waals surface area contributed by atoms with Gasteiger partial charge in [0.25, 0.3) is 5.91 Å². The number of carbonyl (C=O) groups is 1. The molecule has 2 aromatic carbocycles. The molecule has 0 aliphatic carbocycles. The molecule has 1 amide bonds. The van der Waals surface area contributed by atoms with Gasteiger partial charge in [0.1, 0.15) is 25.2 Å². The lowest BCUT2D eigenvalue weighted by atomic mass is 10.1. The molecule has 0 saturated heterocycles. The molecule has 0 aliphatic heterocycles. The van der Waals surface area contributed by atoms with Crippen molar-refractivity contribution < 1.29 is 4.79 Å². The number of fused-ring (bicyclic) bond motifs is 1. The van der Waals surface area contributed by atoms with Crippen molar-refractivity contribution in [2.75, 3.05) is 5.32 Å². The molecular weight excluding hydrogens is 424 g/mol. The van der Waals surface area contributed by atoms with E-state index < -0.39 is 0 Å². The molecule has 152 valence electrons. The van der Waals surface area contributed by atoms with Crippen LogP contribution in [0.1, 0.15) is 20.9 Å². The zero-order valence-corrected chi connectivity index (χ0v) is 18.6. The monoisotopic (exact) mass is 442 g/mol. The van der Waals surface area contributed by atoms with Gasteiger partial charge in [-0.3, -0.25) is 4.79 Å². The van der Waals surface area contributed by atoms with Gasteiger partial charge in [-0.1, -0.05) is 53.8 Å². The number of anilines is 1. The summed E-state index contributed by atoms with van der Waals surface area (Å²) in [5.74, 6) is -0.150. The summed E-state index contributed by atoms with van der Waals surface area (Å²) in [6.07, 6.45) is 1.77. The zero-order valence-electron chi connectivity index (χ0n) is 16.9. The second kappa shape index (κ2) is 8.02. The topological polar surface area (TPSA) is 67.8 Å². The molecule has 1 N–H and O–H groups in total. The van der Waals surface area contributed by atoms with Crippen LogP contribution in [0.5, 0.6) is 0 Å². The van der Waals surface area contributed by atoms with Crippen molar-refractivity contribution in [3.05, 3.63) is 83.0 Å². The highest BCUT2D eigenvalue weighted by molar-refractivity contribution is 7.21. The Kier molecular flexibility index (Phi) is 5.05. The molecule has 5 nitrogen and oxygen atoms in total. The first-order chi connectivity index (χ1) is 15.1. The third-order valence-electron chi connectivity index (χ3n) is 4.92. The number of amides is 1. The van der Waals surface area contributed by atoms with Crippen LogP contribution < -0.4 is 5.32 Å². The maximum atomic E-state index is 13.1. The Hall–Kier alpha value is -3.42. The van der Waals surface area contributed by atoms with E-state index in [1.807, 2.05) is 74.5 Å². The van der Waals surface area contributed by atoms with Gasteiger partial charge in [0, 0.05) is 23.0 Å². The molecule has 0 spiro atoms. The molecule has 0 fully saturated rings. The van der Waals surface area contributed by atoms with Crippen molar-refractivity contribution in [2.24, 2.45) is 0 Å². The molecule has 3 heterocycles. The number of rotatable bonds is 4. The summed E-state index contributed by atoms with van der Waals surface area (Å²) in [7, 11) is 0. The third-order valence-corrected chi connectivity index (χ3v) is 7.16. The number of aryl methyl sites for hydroxylation is 2. The average Bonchev–Trinajstić information content (AvgIpc) is 3.39. The summed E-state index contributed by atoms with van der Waals surface area (Å²) in [6.45, 7) is 3.85. The largest absolute Gasteiger partial charge is 0.321 e. The second-order valence-electron chi connectivity index (χ2n) is 7.13. The predicted molar refractivity (Wildman–Crippen MR) is 128 cm³/mol. The van der Waals surface area contributed by atoms with E-state index in [-0.39, 0.29) is 5.91 Å². The molecule has 0 saturated carbocycles. The summed E-state index contributed by atoms with van der Waals surface area (Å²) >= 11 is 2.95. The van der Waals surface area contributed by atoms with Crippen LogP contribution in [0.15, 0.2) is 66.9 Å². The molecule has 5 rings (SSSR count). The van der Waals surface area contributed by atoms with Crippen molar-refractivity contribution in [3.63, 3.8) is 0 Å². The Morgan fingerprint density at radius 2 is 1.68 bits per heavy atom. The molecule has 0 atom stereocenters. The Bertz CT molecular complexity index is 1370. The number of thiazole rings is 2. The first-order valence-corrected chi connectivity index (χ1v) is 11.4. The smallest absolute Gasteiger partial charge is 0.267 e. The first-order valence-electron chi connectivity index (χ1n) is 9.75. The van der Waals surface area contributed by atoms with Gasteiger partial charge in [-0.25, -0.2) is 15.0 Å². The Labute approximate surface area is 187 Å². The van der Waals surface area contributed by atoms with E-state index in [0.717, 1.165) is 48.4 Å². The molecule has 7 heteroatoms. The minimum Gasteiger partial charge on any atom is -0.321 e. The van der Waals surface area contributed by atoms with E-state index in [4.69, 9.17) is 0 Å².